The Labute approximate surface area is 137 Å². The number of amides is 1. The average molecular weight is 316 g/mol. The van der Waals surface area contributed by atoms with Crippen LogP contribution in [0.1, 0.15) is 44.6 Å². The maximum atomic E-state index is 12.6. The number of carbonyl (C=O) groups excluding carboxylic acids is 1. The molecule has 0 saturated heterocycles. The van der Waals surface area contributed by atoms with Crippen LogP contribution in [0.15, 0.2) is 18.2 Å². The van der Waals surface area contributed by atoms with E-state index in [0.29, 0.717) is 23.1 Å². The summed E-state index contributed by atoms with van der Waals surface area (Å²) >= 11 is 0. The third kappa shape index (κ3) is 4.16. The highest BCUT2D eigenvalue weighted by Gasteiger charge is 2.27. The topological polar surface area (TPSA) is 62.6 Å². The zero-order valence-corrected chi connectivity index (χ0v) is 14.0. The van der Waals surface area contributed by atoms with Crippen molar-refractivity contribution in [1.29, 1.82) is 5.26 Å². The quantitative estimate of drug-likeness (QED) is 0.837. The molecule has 1 aliphatic carbocycles. The van der Waals surface area contributed by atoms with E-state index in [4.69, 9.17) is 14.7 Å². The van der Waals surface area contributed by atoms with Gasteiger partial charge in [-0.15, -0.1) is 0 Å². The summed E-state index contributed by atoms with van der Waals surface area (Å²) in [6.45, 7) is 1.75. The fraction of sp³-hybridized carbons (Fsp3) is 0.556. The summed E-state index contributed by atoms with van der Waals surface area (Å²) in [5, 5.41) is 8.93. The molecule has 2 rings (SSSR count). The van der Waals surface area contributed by atoms with Crippen molar-refractivity contribution < 1.29 is 14.3 Å². The van der Waals surface area contributed by atoms with E-state index in [2.05, 4.69) is 6.07 Å². The lowest BCUT2D eigenvalue weighted by Gasteiger charge is -2.33. The van der Waals surface area contributed by atoms with E-state index in [-0.39, 0.29) is 5.91 Å². The van der Waals surface area contributed by atoms with Crippen molar-refractivity contribution in [1.82, 2.24) is 4.90 Å². The first-order valence-corrected chi connectivity index (χ1v) is 8.08. The molecule has 1 fully saturated rings. The fourth-order valence-corrected chi connectivity index (χ4v) is 3.01. The lowest BCUT2D eigenvalue weighted by molar-refractivity contribution is -0.139. The molecule has 5 heteroatoms. The average Bonchev–Trinajstić information content (AvgIpc) is 2.61. The van der Waals surface area contributed by atoms with Crippen molar-refractivity contribution in [3.63, 3.8) is 0 Å². The van der Waals surface area contributed by atoms with Crippen LogP contribution in [-0.4, -0.2) is 37.1 Å². The van der Waals surface area contributed by atoms with Gasteiger partial charge in [0.05, 0.1) is 18.7 Å². The van der Waals surface area contributed by atoms with Crippen LogP contribution in [0.25, 0.3) is 0 Å². The van der Waals surface area contributed by atoms with Crippen LogP contribution in [0.2, 0.25) is 0 Å². The Morgan fingerprint density at radius 2 is 2.00 bits per heavy atom. The van der Waals surface area contributed by atoms with E-state index in [0.717, 1.165) is 12.8 Å². The van der Waals surface area contributed by atoms with Crippen LogP contribution in [0.3, 0.4) is 0 Å². The Balaban J connectivity index is 2.04. The molecule has 124 valence electrons. The normalized spacial score (nSPS) is 16.3. The van der Waals surface area contributed by atoms with Crippen molar-refractivity contribution >= 4 is 5.91 Å². The fourth-order valence-electron chi connectivity index (χ4n) is 3.01. The van der Waals surface area contributed by atoms with Crippen LogP contribution in [0.5, 0.6) is 11.5 Å². The zero-order valence-electron chi connectivity index (χ0n) is 14.0. The summed E-state index contributed by atoms with van der Waals surface area (Å²) in [7, 11) is 3.37. The number of nitriles is 1. The van der Waals surface area contributed by atoms with Gasteiger partial charge in [-0.25, -0.2) is 0 Å². The maximum absolute atomic E-state index is 12.6. The maximum Gasteiger partial charge on any atom is 0.263 e. The van der Waals surface area contributed by atoms with E-state index in [1.807, 2.05) is 11.9 Å². The number of nitrogens with zero attached hydrogens (tertiary/aromatic N) is 2. The predicted octanol–water partition coefficient (Wildman–Crippen LogP) is 3.13. The van der Waals surface area contributed by atoms with Gasteiger partial charge in [0.1, 0.15) is 0 Å². The summed E-state index contributed by atoms with van der Waals surface area (Å²) in [4.78, 5) is 14.4. The first-order valence-electron chi connectivity index (χ1n) is 8.08. The summed E-state index contributed by atoms with van der Waals surface area (Å²) in [5.41, 5.74) is 0.493. The number of carbonyl (C=O) groups is 1. The SMILES string of the molecule is COc1cc(C#N)ccc1O[C@H](C)C(=O)N(C)C1CCCCC1. The molecule has 1 aromatic carbocycles. The Morgan fingerprint density at radius 3 is 2.61 bits per heavy atom. The molecule has 1 saturated carbocycles. The molecule has 0 spiro atoms. The monoisotopic (exact) mass is 316 g/mol. The standard InChI is InChI=1S/C18H24N2O3/c1-13(18(21)20(2)15-7-5-4-6-8-15)23-16-10-9-14(12-19)11-17(16)22-3/h9-11,13,15H,4-8H2,1-3H3/t13-/m1/s1. The Morgan fingerprint density at radius 1 is 1.30 bits per heavy atom. The molecule has 1 aliphatic rings. The molecule has 1 amide bonds. The molecule has 5 nitrogen and oxygen atoms in total. The molecular formula is C18H24N2O3. The molecular weight excluding hydrogens is 292 g/mol. The van der Waals surface area contributed by atoms with Crippen molar-refractivity contribution in [3.8, 4) is 17.6 Å². The van der Waals surface area contributed by atoms with Gasteiger partial charge in [-0.3, -0.25) is 4.79 Å². The highest BCUT2D eigenvalue weighted by atomic mass is 16.5. The predicted molar refractivity (Wildman–Crippen MR) is 87.4 cm³/mol. The van der Waals surface area contributed by atoms with Gasteiger partial charge in [-0.1, -0.05) is 19.3 Å². The van der Waals surface area contributed by atoms with Gasteiger partial charge in [0.2, 0.25) is 0 Å². The molecule has 0 unspecified atom stereocenters. The van der Waals surface area contributed by atoms with E-state index in [1.54, 1.807) is 25.1 Å². The number of benzene rings is 1. The molecule has 1 aromatic rings. The third-order valence-electron chi connectivity index (χ3n) is 4.41. The molecule has 0 aromatic heterocycles. The van der Waals surface area contributed by atoms with Crippen LogP contribution in [0, 0.1) is 11.3 Å². The Bertz CT molecular complexity index is 588. The Kier molecular flexibility index (Phi) is 5.86. The van der Waals surface area contributed by atoms with Crippen LogP contribution < -0.4 is 9.47 Å². The molecule has 0 aliphatic heterocycles. The molecule has 1 atom stereocenters. The van der Waals surface area contributed by atoms with Crippen molar-refractivity contribution in [3.05, 3.63) is 23.8 Å². The lowest BCUT2D eigenvalue weighted by Crippen LogP contribution is -2.44. The van der Waals surface area contributed by atoms with E-state index in [1.165, 1.54) is 26.4 Å². The van der Waals surface area contributed by atoms with Gasteiger partial charge in [0.25, 0.3) is 5.91 Å². The number of ether oxygens (including phenoxy) is 2. The summed E-state index contributed by atoms with van der Waals surface area (Å²) < 4.78 is 11.0. The number of methoxy groups -OCH3 is 1. The van der Waals surface area contributed by atoms with Crippen LogP contribution in [0.4, 0.5) is 0 Å². The Hall–Kier alpha value is -2.22. The largest absolute Gasteiger partial charge is 0.493 e. The number of hydrogen-bond acceptors (Lipinski definition) is 4. The molecule has 23 heavy (non-hydrogen) atoms. The van der Waals surface area contributed by atoms with Gasteiger partial charge in [0.15, 0.2) is 17.6 Å². The number of hydrogen-bond donors (Lipinski definition) is 0. The number of likely N-dealkylation sites (N-methyl/N-ethyl adjacent to an activating group) is 1. The smallest absolute Gasteiger partial charge is 0.263 e. The highest BCUT2D eigenvalue weighted by molar-refractivity contribution is 5.81. The zero-order chi connectivity index (χ0) is 16.8. The molecule has 0 heterocycles. The minimum absolute atomic E-state index is 0.0247. The van der Waals surface area contributed by atoms with Crippen molar-refractivity contribution in [2.75, 3.05) is 14.2 Å². The first kappa shape index (κ1) is 17.1. The van der Waals surface area contributed by atoms with Crippen molar-refractivity contribution in [2.45, 2.75) is 51.2 Å². The van der Waals surface area contributed by atoms with Gasteiger partial charge >= 0.3 is 0 Å². The van der Waals surface area contributed by atoms with Gasteiger partial charge in [-0.2, -0.15) is 5.26 Å². The minimum Gasteiger partial charge on any atom is -0.493 e. The highest BCUT2D eigenvalue weighted by Crippen LogP contribution is 2.29. The summed E-state index contributed by atoms with van der Waals surface area (Å²) in [5.74, 6) is 0.914. The van der Waals surface area contributed by atoms with Crippen LogP contribution >= 0.6 is 0 Å². The molecule has 0 N–H and O–H groups in total. The second-order valence-corrected chi connectivity index (χ2v) is 5.98. The first-order chi connectivity index (χ1) is 11.1. The summed E-state index contributed by atoms with van der Waals surface area (Å²) in [6, 6.07) is 7.30. The van der Waals surface area contributed by atoms with Gasteiger partial charge in [-0.05, 0) is 31.9 Å². The van der Waals surface area contributed by atoms with Gasteiger partial charge in [0, 0.05) is 19.2 Å². The molecule has 0 radical (unpaired) electrons. The van der Waals surface area contributed by atoms with E-state index < -0.39 is 6.10 Å². The minimum atomic E-state index is -0.594. The lowest BCUT2D eigenvalue weighted by atomic mass is 9.94. The molecule has 0 bridgehead atoms. The van der Waals surface area contributed by atoms with Crippen molar-refractivity contribution in [2.24, 2.45) is 0 Å². The van der Waals surface area contributed by atoms with E-state index in [9.17, 15) is 4.79 Å². The van der Waals surface area contributed by atoms with Gasteiger partial charge < -0.3 is 14.4 Å². The second kappa shape index (κ2) is 7.87. The second-order valence-electron chi connectivity index (χ2n) is 5.98. The summed E-state index contributed by atoms with van der Waals surface area (Å²) in [6.07, 6.45) is 5.16. The van der Waals surface area contributed by atoms with Crippen LogP contribution in [-0.2, 0) is 4.79 Å². The number of rotatable bonds is 5. The third-order valence-corrected chi connectivity index (χ3v) is 4.41. The van der Waals surface area contributed by atoms with E-state index >= 15 is 0 Å².